The standard InChI is InChI=1S/C15H20BrN5/c1-10-5-6-11(16)9-12(10)21-14(18)19-13(17)20-15(21)7-3-2-4-8-15/h5-6,9H,2-4,7-8H2,1H3,(H4,17,18,19,20). The summed E-state index contributed by atoms with van der Waals surface area (Å²) in [6.07, 6.45) is 5.41. The first-order valence-corrected chi connectivity index (χ1v) is 8.07. The molecule has 0 saturated heterocycles. The van der Waals surface area contributed by atoms with Crippen LogP contribution < -0.4 is 16.4 Å². The van der Waals surface area contributed by atoms with Gasteiger partial charge >= 0.3 is 0 Å². The van der Waals surface area contributed by atoms with Gasteiger partial charge in [0, 0.05) is 4.47 Å². The number of guanidine groups is 2. The molecule has 0 atom stereocenters. The van der Waals surface area contributed by atoms with Crippen LogP contribution in [0.3, 0.4) is 0 Å². The fraction of sp³-hybridized carbons (Fsp3) is 0.467. The summed E-state index contributed by atoms with van der Waals surface area (Å²) in [7, 11) is 0. The van der Waals surface area contributed by atoms with Crippen LogP contribution in [-0.2, 0) is 0 Å². The van der Waals surface area contributed by atoms with Crippen molar-refractivity contribution in [3.8, 4) is 0 Å². The molecule has 1 aromatic rings. The fourth-order valence-electron chi connectivity index (χ4n) is 3.29. The van der Waals surface area contributed by atoms with Crippen LogP contribution >= 0.6 is 15.9 Å². The third kappa shape index (κ3) is 2.52. The van der Waals surface area contributed by atoms with E-state index in [9.17, 15) is 0 Å². The van der Waals surface area contributed by atoms with E-state index in [1.807, 2.05) is 6.07 Å². The number of anilines is 1. The van der Waals surface area contributed by atoms with Crippen LogP contribution in [0.5, 0.6) is 0 Å². The van der Waals surface area contributed by atoms with Gasteiger partial charge in [-0.25, -0.2) is 4.99 Å². The number of rotatable bonds is 1. The second-order valence-corrected chi connectivity index (χ2v) is 6.67. The van der Waals surface area contributed by atoms with Gasteiger partial charge in [0.1, 0.15) is 5.66 Å². The molecule has 2 aliphatic rings. The number of aliphatic imine (C=N–C) groups is 2. The molecule has 21 heavy (non-hydrogen) atoms. The molecule has 112 valence electrons. The molecule has 0 amide bonds. The maximum Gasteiger partial charge on any atom is 0.220 e. The summed E-state index contributed by atoms with van der Waals surface area (Å²) in [6.45, 7) is 2.08. The Morgan fingerprint density at radius 1 is 1.19 bits per heavy atom. The first-order valence-electron chi connectivity index (χ1n) is 7.28. The first-order chi connectivity index (χ1) is 10.0. The monoisotopic (exact) mass is 349 g/mol. The van der Waals surface area contributed by atoms with Crippen molar-refractivity contribution >= 4 is 33.5 Å². The minimum absolute atomic E-state index is 0.290. The Balaban J connectivity index is 2.13. The van der Waals surface area contributed by atoms with Gasteiger partial charge in [0.25, 0.3) is 0 Å². The Bertz CT molecular complexity index is 616. The molecule has 1 aliphatic heterocycles. The molecule has 1 aromatic carbocycles. The zero-order chi connectivity index (χ0) is 15.0. The van der Waals surface area contributed by atoms with Gasteiger partial charge < -0.3 is 11.5 Å². The summed E-state index contributed by atoms with van der Waals surface area (Å²) in [6, 6.07) is 6.18. The zero-order valence-corrected chi connectivity index (χ0v) is 13.7. The summed E-state index contributed by atoms with van der Waals surface area (Å²) in [4.78, 5) is 11.0. The highest BCUT2D eigenvalue weighted by Crippen LogP contribution is 2.41. The molecule has 1 heterocycles. The lowest BCUT2D eigenvalue weighted by Crippen LogP contribution is -2.58. The average molecular weight is 350 g/mol. The fourth-order valence-corrected chi connectivity index (χ4v) is 3.64. The SMILES string of the molecule is Cc1ccc(Br)cc1N1C(N)=NC(N)=NC12CCCCC2. The molecule has 3 rings (SSSR count). The third-order valence-corrected chi connectivity index (χ3v) is 4.76. The minimum Gasteiger partial charge on any atom is -0.369 e. The second-order valence-electron chi connectivity index (χ2n) is 5.75. The van der Waals surface area contributed by atoms with Gasteiger partial charge in [-0.2, -0.15) is 4.99 Å². The Morgan fingerprint density at radius 3 is 2.62 bits per heavy atom. The summed E-state index contributed by atoms with van der Waals surface area (Å²) in [5.41, 5.74) is 13.9. The topological polar surface area (TPSA) is 80.0 Å². The summed E-state index contributed by atoms with van der Waals surface area (Å²) in [5, 5.41) is 0. The molecule has 5 nitrogen and oxygen atoms in total. The Kier molecular flexibility index (Phi) is 3.65. The highest BCUT2D eigenvalue weighted by atomic mass is 79.9. The van der Waals surface area contributed by atoms with Crippen LogP contribution in [0.25, 0.3) is 0 Å². The van der Waals surface area contributed by atoms with Gasteiger partial charge in [0.2, 0.25) is 11.9 Å². The van der Waals surface area contributed by atoms with Crippen molar-refractivity contribution in [1.29, 1.82) is 0 Å². The van der Waals surface area contributed by atoms with Gasteiger partial charge in [-0.1, -0.05) is 28.4 Å². The van der Waals surface area contributed by atoms with Crippen LogP contribution in [0.2, 0.25) is 0 Å². The van der Waals surface area contributed by atoms with E-state index in [1.165, 1.54) is 6.42 Å². The number of aryl methyl sites for hydroxylation is 1. The van der Waals surface area contributed by atoms with Crippen LogP contribution in [-0.4, -0.2) is 17.6 Å². The molecule has 0 bridgehead atoms. The van der Waals surface area contributed by atoms with Crippen LogP contribution in [0.15, 0.2) is 32.7 Å². The smallest absolute Gasteiger partial charge is 0.220 e. The lowest BCUT2D eigenvalue weighted by molar-refractivity contribution is 0.305. The predicted molar refractivity (Wildman–Crippen MR) is 90.4 cm³/mol. The van der Waals surface area contributed by atoms with Crippen molar-refractivity contribution in [3.05, 3.63) is 28.2 Å². The molecule has 0 radical (unpaired) electrons. The van der Waals surface area contributed by atoms with Crippen molar-refractivity contribution in [1.82, 2.24) is 0 Å². The van der Waals surface area contributed by atoms with E-state index in [1.54, 1.807) is 0 Å². The predicted octanol–water partition coefficient (Wildman–Crippen LogP) is 2.87. The van der Waals surface area contributed by atoms with Gasteiger partial charge in [-0.05, 0) is 50.3 Å². The quantitative estimate of drug-likeness (QED) is 0.817. The first kappa shape index (κ1) is 14.4. The normalized spacial score (nSPS) is 21.1. The highest BCUT2D eigenvalue weighted by molar-refractivity contribution is 9.10. The number of nitrogens with two attached hydrogens (primary N) is 2. The Labute approximate surface area is 133 Å². The molecule has 6 heteroatoms. The van der Waals surface area contributed by atoms with Crippen molar-refractivity contribution in [2.24, 2.45) is 21.5 Å². The summed E-state index contributed by atoms with van der Waals surface area (Å²) >= 11 is 3.54. The molecular weight excluding hydrogens is 330 g/mol. The van der Waals surface area contributed by atoms with Crippen LogP contribution in [0.4, 0.5) is 5.69 Å². The molecule has 4 N–H and O–H groups in total. The van der Waals surface area contributed by atoms with E-state index in [-0.39, 0.29) is 5.66 Å². The molecule has 0 aromatic heterocycles. The van der Waals surface area contributed by atoms with Gasteiger partial charge in [0.05, 0.1) is 5.69 Å². The number of benzene rings is 1. The molecule has 1 fully saturated rings. The summed E-state index contributed by atoms with van der Waals surface area (Å²) in [5.74, 6) is 0.726. The Morgan fingerprint density at radius 2 is 1.90 bits per heavy atom. The average Bonchev–Trinajstić information content (AvgIpc) is 2.42. The van der Waals surface area contributed by atoms with E-state index in [2.05, 4.69) is 49.9 Å². The lowest BCUT2D eigenvalue weighted by Gasteiger charge is -2.46. The minimum atomic E-state index is -0.375. The van der Waals surface area contributed by atoms with E-state index in [0.717, 1.165) is 41.4 Å². The Hall–Kier alpha value is -1.56. The van der Waals surface area contributed by atoms with E-state index >= 15 is 0 Å². The number of nitrogens with zero attached hydrogens (tertiary/aromatic N) is 3. The van der Waals surface area contributed by atoms with Gasteiger partial charge in [-0.3, -0.25) is 4.90 Å². The van der Waals surface area contributed by atoms with Crippen molar-refractivity contribution < 1.29 is 0 Å². The van der Waals surface area contributed by atoms with Crippen molar-refractivity contribution in [2.45, 2.75) is 44.7 Å². The second kappa shape index (κ2) is 5.33. The van der Waals surface area contributed by atoms with Crippen molar-refractivity contribution in [2.75, 3.05) is 4.90 Å². The number of hydrogen-bond donors (Lipinski definition) is 2. The third-order valence-electron chi connectivity index (χ3n) is 4.26. The van der Waals surface area contributed by atoms with Crippen molar-refractivity contribution in [3.63, 3.8) is 0 Å². The van der Waals surface area contributed by atoms with Crippen LogP contribution in [0, 0.1) is 6.92 Å². The van der Waals surface area contributed by atoms with E-state index in [4.69, 9.17) is 11.5 Å². The van der Waals surface area contributed by atoms with Crippen LogP contribution in [0.1, 0.15) is 37.7 Å². The number of halogens is 1. The molecule has 1 saturated carbocycles. The van der Waals surface area contributed by atoms with Gasteiger partial charge in [-0.15, -0.1) is 0 Å². The van der Waals surface area contributed by atoms with E-state index < -0.39 is 0 Å². The lowest BCUT2D eigenvalue weighted by atomic mass is 9.87. The van der Waals surface area contributed by atoms with E-state index in [0.29, 0.717) is 11.9 Å². The maximum atomic E-state index is 6.23. The summed E-state index contributed by atoms with van der Waals surface area (Å²) < 4.78 is 1.02. The maximum absolute atomic E-state index is 6.23. The number of hydrogen-bond acceptors (Lipinski definition) is 5. The molecule has 1 spiro atoms. The molecular formula is C15H20BrN5. The highest BCUT2D eigenvalue weighted by Gasteiger charge is 2.42. The van der Waals surface area contributed by atoms with Gasteiger partial charge in [0.15, 0.2) is 0 Å². The zero-order valence-electron chi connectivity index (χ0n) is 12.1. The molecule has 1 aliphatic carbocycles. The largest absolute Gasteiger partial charge is 0.369 e. The molecule has 0 unspecified atom stereocenters.